The molecule has 2 aliphatic rings. The van der Waals surface area contributed by atoms with Gasteiger partial charge in [0.1, 0.15) is 0 Å². The van der Waals surface area contributed by atoms with Crippen molar-refractivity contribution in [3.05, 3.63) is 18.2 Å². The highest BCUT2D eigenvalue weighted by Gasteiger charge is 2.24. The van der Waals surface area contributed by atoms with Gasteiger partial charge in [0.05, 0.1) is 12.7 Å². The van der Waals surface area contributed by atoms with Crippen LogP contribution in [0.5, 0.6) is 11.5 Å². The van der Waals surface area contributed by atoms with Crippen LogP contribution in [-0.4, -0.2) is 25.2 Å². The SMILES string of the molecule is CCOc1ccc(N2CCCC2=O)cc1OC1CCCC1. The zero-order valence-corrected chi connectivity index (χ0v) is 12.6. The van der Waals surface area contributed by atoms with Crippen LogP contribution in [0, 0.1) is 0 Å². The maximum atomic E-state index is 11.9. The molecule has 3 rings (SSSR count). The molecule has 2 fully saturated rings. The fourth-order valence-corrected chi connectivity index (χ4v) is 3.14. The van der Waals surface area contributed by atoms with E-state index >= 15 is 0 Å². The number of nitrogens with zero attached hydrogens (tertiary/aromatic N) is 1. The van der Waals surface area contributed by atoms with Gasteiger partial charge in [-0.3, -0.25) is 4.79 Å². The Bertz CT molecular complexity index is 509. The van der Waals surface area contributed by atoms with Crippen LogP contribution in [0.2, 0.25) is 0 Å². The fourth-order valence-electron chi connectivity index (χ4n) is 3.14. The molecule has 1 aromatic carbocycles. The van der Waals surface area contributed by atoms with Gasteiger partial charge in [-0.05, 0) is 51.2 Å². The lowest BCUT2D eigenvalue weighted by atomic mass is 10.2. The number of ether oxygens (including phenoxy) is 2. The molecule has 0 bridgehead atoms. The molecule has 1 aromatic rings. The van der Waals surface area contributed by atoms with Crippen LogP contribution in [0.15, 0.2) is 18.2 Å². The average molecular weight is 289 g/mol. The summed E-state index contributed by atoms with van der Waals surface area (Å²) in [5.41, 5.74) is 0.925. The van der Waals surface area contributed by atoms with Gasteiger partial charge in [-0.1, -0.05) is 0 Å². The number of hydrogen-bond donors (Lipinski definition) is 0. The molecular weight excluding hydrogens is 266 g/mol. The van der Waals surface area contributed by atoms with Gasteiger partial charge in [-0.25, -0.2) is 0 Å². The number of carbonyl (C=O) groups is 1. The van der Waals surface area contributed by atoms with Crippen molar-refractivity contribution >= 4 is 11.6 Å². The van der Waals surface area contributed by atoms with Crippen molar-refractivity contribution in [2.75, 3.05) is 18.1 Å². The highest BCUT2D eigenvalue weighted by Crippen LogP contribution is 2.36. The van der Waals surface area contributed by atoms with Crippen LogP contribution in [0.3, 0.4) is 0 Å². The Balaban J connectivity index is 1.84. The number of amides is 1. The first-order chi connectivity index (χ1) is 10.3. The van der Waals surface area contributed by atoms with Crippen molar-refractivity contribution in [1.29, 1.82) is 0 Å². The second kappa shape index (κ2) is 6.37. The topological polar surface area (TPSA) is 38.8 Å². The first-order valence-electron chi connectivity index (χ1n) is 8.02. The van der Waals surface area contributed by atoms with Crippen LogP contribution in [0.1, 0.15) is 45.4 Å². The zero-order valence-electron chi connectivity index (χ0n) is 12.6. The third-order valence-electron chi connectivity index (χ3n) is 4.21. The second-order valence-electron chi connectivity index (χ2n) is 5.74. The van der Waals surface area contributed by atoms with E-state index in [4.69, 9.17) is 9.47 Å². The Labute approximate surface area is 126 Å². The lowest BCUT2D eigenvalue weighted by Gasteiger charge is -2.21. The fraction of sp³-hybridized carbons (Fsp3) is 0.588. The standard InChI is InChI=1S/C17H23NO3/c1-2-20-15-10-9-13(18-11-5-8-17(18)19)12-16(15)21-14-6-3-4-7-14/h9-10,12,14H,2-8,11H2,1H3. The van der Waals surface area contributed by atoms with Crippen LogP contribution < -0.4 is 14.4 Å². The van der Waals surface area contributed by atoms with E-state index in [9.17, 15) is 4.79 Å². The molecule has 1 saturated heterocycles. The van der Waals surface area contributed by atoms with Gasteiger partial charge in [0.25, 0.3) is 0 Å². The number of benzene rings is 1. The molecule has 114 valence electrons. The van der Waals surface area contributed by atoms with Gasteiger partial charge in [0.15, 0.2) is 11.5 Å². The maximum Gasteiger partial charge on any atom is 0.227 e. The van der Waals surface area contributed by atoms with E-state index in [1.54, 1.807) is 0 Å². The molecule has 0 spiro atoms. The molecule has 0 radical (unpaired) electrons. The Hall–Kier alpha value is -1.71. The van der Waals surface area contributed by atoms with Crippen LogP contribution in [0.4, 0.5) is 5.69 Å². The molecule has 1 saturated carbocycles. The lowest BCUT2D eigenvalue weighted by Crippen LogP contribution is -2.23. The zero-order chi connectivity index (χ0) is 14.7. The summed E-state index contributed by atoms with van der Waals surface area (Å²) >= 11 is 0. The van der Waals surface area contributed by atoms with Crippen molar-refractivity contribution in [3.8, 4) is 11.5 Å². The summed E-state index contributed by atoms with van der Waals surface area (Å²) in [5.74, 6) is 1.76. The second-order valence-corrected chi connectivity index (χ2v) is 5.74. The van der Waals surface area contributed by atoms with Crippen LogP contribution in [-0.2, 0) is 4.79 Å². The van der Waals surface area contributed by atoms with Crippen molar-refractivity contribution in [2.45, 2.75) is 51.6 Å². The third kappa shape index (κ3) is 3.14. The van der Waals surface area contributed by atoms with Gasteiger partial charge < -0.3 is 14.4 Å². The summed E-state index contributed by atoms with van der Waals surface area (Å²) in [6.45, 7) is 3.38. The minimum atomic E-state index is 0.200. The van der Waals surface area contributed by atoms with Crippen molar-refractivity contribution in [1.82, 2.24) is 0 Å². The Morgan fingerprint density at radius 1 is 1.19 bits per heavy atom. The smallest absolute Gasteiger partial charge is 0.227 e. The van der Waals surface area contributed by atoms with E-state index < -0.39 is 0 Å². The molecule has 0 aromatic heterocycles. The molecule has 4 nitrogen and oxygen atoms in total. The van der Waals surface area contributed by atoms with Crippen molar-refractivity contribution in [2.24, 2.45) is 0 Å². The summed E-state index contributed by atoms with van der Waals surface area (Å²) in [4.78, 5) is 13.7. The first kappa shape index (κ1) is 14.2. The summed E-state index contributed by atoms with van der Waals surface area (Å²) in [5, 5.41) is 0. The van der Waals surface area contributed by atoms with Crippen LogP contribution in [0.25, 0.3) is 0 Å². The molecule has 21 heavy (non-hydrogen) atoms. The predicted molar refractivity (Wildman–Crippen MR) is 82.1 cm³/mol. The van der Waals surface area contributed by atoms with Gasteiger partial charge in [-0.15, -0.1) is 0 Å². The largest absolute Gasteiger partial charge is 0.490 e. The van der Waals surface area contributed by atoms with Gasteiger partial charge >= 0.3 is 0 Å². The van der Waals surface area contributed by atoms with Gasteiger partial charge in [-0.2, -0.15) is 0 Å². The van der Waals surface area contributed by atoms with Crippen molar-refractivity contribution < 1.29 is 14.3 Å². The van der Waals surface area contributed by atoms with E-state index in [1.165, 1.54) is 12.8 Å². The number of carbonyl (C=O) groups excluding carboxylic acids is 1. The number of anilines is 1. The van der Waals surface area contributed by atoms with E-state index in [2.05, 4.69) is 0 Å². The highest BCUT2D eigenvalue weighted by atomic mass is 16.5. The third-order valence-corrected chi connectivity index (χ3v) is 4.21. The molecule has 0 N–H and O–H groups in total. The normalized spacial score (nSPS) is 19.3. The Morgan fingerprint density at radius 2 is 2.00 bits per heavy atom. The minimum absolute atomic E-state index is 0.200. The average Bonchev–Trinajstić information content (AvgIpc) is 3.13. The monoisotopic (exact) mass is 289 g/mol. The van der Waals surface area contributed by atoms with E-state index in [1.807, 2.05) is 30.0 Å². The molecular formula is C17H23NO3. The summed E-state index contributed by atoms with van der Waals surface area (Å²) < 4.78 is 11.8. The van der Waals surface area contributed by atoms with Gasteiger partial charge in [0.2, 0.25) is 5.91 Å². The first-order valence-corrected chi connectivity index (χ1v) is 8.02. The molecule has 1 amide bonds. The van der Waals surface area contributed by atoms with E-state index in [-0.39, 0.29) is 12.0 Å². The summed E-state index contributed by atoms with van der Waals surface area (Å²) in [6.07, 6.45) is 6.56. The highest BCUT2D eigenvalue weighted by molar-refractivity contribution is 5.95. The van der Waals surface area contributed by atoms with Crippen LogP contribution >= 0.6 is 0 Å². The lowest BCUT2D eigenvalue weighted by molar-refractivity contribution is -0.117. The molecule has 0 atom stereocenters. The molecule has 1 heterocycles. The maximum absolute atomic E-state index is 11.9. The van der Waals surface area contributed by atoms with E-state index in [0.29, 0.717) is 13.0 Å². The Morgan fingerprint density at radius 3 is 2.67 bits per heavy atom. The summed E-state index contributed by atoms with van der Waals surface area (Å²) in [6, 6.07) is 5.84. The number of hydrogen-bond acceptors (Lipinski definition) is 3. The molecule has 1 aliphatic carbocycles. The quantitative estimate of drug-likeness (QED) is 0.832. The summed E-state index contributed by atoms with van der Waals surface area (Å²) in [7, 11) is 0. The van der Waals surface area contributed by atoms with E-state index in [0.717, 1.165) is 43.0 Å². The van der Waals surface area contributed by atoms with Crippen molar-refractivity contribution in [3.63, 3.8) is 0 Å². The molecule has 0 unspecified atom stereocenters. The Kier molecular flexibility index (Phi) is 4.32. The number of rotatable bonds is 5. The molecule has 1 aliphatic heterocycles. The minimum Gasteiger partial charge on any atom is -0.490 e. The molecule has 4 heteroatoms. The van der Waals surface area contributed by atoms with Gasteiger partial charge in [0, 0.05) is 24.7 Å². The predicted octanol–water partition coefficient (Wildman–Crippen LogP) is 3.53.